The number of thioether (sulfide) groups is 1. The van der Waals surface area contributed by atoms with Crippen molar-refractivity contribution in [2.75, 3.05) is 16.6 Å². The van der Waals surface area contributed by atoms with Gasteiger partial charge in [-0.25, -0.2) is 4.99 Å². The Labute approximate surface area is 150 Å². The average molecular weight is 418 g/mol. The Morgan fingerprint density at radius 2 is 1.92 bits per heavy atom. The second kappa shape index (κ2) is 7.94. The van der Waals surface area contributed by atoms with Gasteiger partial charge in [0.2, 0.25) is 5.96 Å². The Kier molecular flexibility index (Phi) is 6.17. The number of aliphatic imine (C=N–C) groups is 1. The van der Waals surface area contributed by atoms with E-state index < -0.39 is 11.7 Å². The summed E-state index contributed by atoms with van der Waals surface area (Å²) in [4.78, 5) is 6.74. The molecule has 0 aliphatic rings. The normalized spacial score (nSPS) is 12.3. The van der Waals surface area contributed by atoms with Crippen molar-refractivity contribution in [2.24, 2.45) is 10.7 Å². The number of nitrogens with two attached hydrogens (primary N) is 1. The first kappa shape index (κ1) is 18.7. The summed E-state index contributed by atoms with van der Waals surface area (Å²) in [6, 6.07) is 12.3. The van der Waals surface area contributed by atoms with Crippen LogP contribution in [0.15, 0.2) is 58.4 Å². The molecule has 0 bridgehead atoms. The van der Waals surface area contributed by atoms with Crippen LogP contribution in [0.4, 0.5) is 24.5 Å². The molecule has 2 N–H and O–H groups in total. The lowest BCUT2D eigenvalue weighted by Gasteiger charge is -2.21. The zero-order chi connectivity index (χ0) is 17.7. The molecular formula is C16H15BrF3N3S. The van der Waals surface area contributed by atoms with Crippen LogP contribution in [0.2, 0.25) is 0 Å². The van der Waals surface area contributed by atoms with E-state index in [4.69, 9.17) is 5.73 Å². The van der Waals surface area contributed by atoms with Crippen LogP contribution in [0.5, 0.6) is 0 Å². The molecule has 128 valence electrons. The molecule has 2 aromatic rings. The van der Waals surface area contributed by atoms with Crippen LogP contribution in [0, 0.1) is 0 Å². The van der Waals surface area contributed by atoms with E-state index in [2.05, 4.69) is 20.9 Å². The van der Waals surface area contributed by atoms with Gasteiger partial charge in [-0.1, -0.05) is 34.1 Å². The molecule has 8 heteroatoms. The highest BCUT2D eigenvalue weighted by Crippen LogP contribution is 2.32. The molecule has 0 atom stereocenters. The summed E-state index contributed by atoms with van der Waals surface area (Å²) >= 11 is 4.94. The zero-order valence-corrected chi connectivity index (χ0v) is 15.1. The number of para-hydroxylation sites is 1. The largest absolute Gasteiger partial charge is 0.416 e. The van der Waals surface area contributed by atoms with Crippen LogP contribution in [-0.4, -0.2) is 17.7 Å². The molecule has 3 nitrogen and oxygen atoms in total. The van der Waals surface area contributed by atoms with E-state index in [-0.39, 0.29) is 11.6 Å². The quantitative estimate of drug-likeness (QED) is 0.320. The number of guanidine groups is 1. The number of anilines is 1. The molecule has 24 heavy (non-hydrogen) atoms. The van der Waals surface area contributed by atoms with Gasteiger partial charge in [0.05, 0.1) is 21.6 Å². The van der Waals surface area contributed by atoms with Gasteiger partial charge in [-0.2, -0.15) is 13.2 Å². The molecule has 0 fully saturated rings. The highest BCUT2D eigenvalue weighted by Gasteiger charge is 2.30. The smallest absolute Gasteiger partial charge is 0.369 e. The van der Waals surface area contributed by atoms with Gasteiger partial charge in [-0.15, -0.1) is 11.8 Å². The number of hydrogen-bond donors (Lipinski definition) is 1. The second-order valence-electron chi connectivity index (χ2n) is 4.80. The van der Waals surface area contributed by atoms with Crippen LogP contribution in [0.1, 0.15) is 5.56 Å². The topological polar surface area (TPSA) is 41.6 Å². The number of hydrogen-bond acceptors (Lipinski definition) is 2. The van der Waals surface area contributed by atoms with Gasteiger partial charge >= 0.3 is 6.18 Å². The first-order valence-corrected chi connectivity index (χ1v) is 8.96. The highest BCUT2D eigenvalue weighted by atomic mass is 79.9. The first-order valence-electron chi connectivity index (χ1n) is 6.86. The maximum Gasteiger partial charge on any atom is 0.416 e. The van der Waals surface area contributed by atoms with Gasteiger partial charge in [0.1, 0.15) is 0 Å². The molecule has 0 saturated heterocycles. The molecule has 2 aromatic carbocycles. The first-order chi connectivity index (χ1) is 11.3. The van der Waals surface area contributed by atoms with Crippen LogP contribution in [0.3, 0.4) is 0 Å². The molecular weight excluding hydrogens is 403 g/mol. The zero-order valence-electron chi connectivity index (χ0n) is 12.7. The van der Waals surface area contributed by atoms with E-state index in [0.29, 0.717) is 4.66 Å². The van der Waals surface area contributed by atoms with Gasteiger partial charge in [-0.05, 0) is 30.3 Å². The van der Waals surface area contributed by atoms with Crippen molar-refractivity contribution in [2.45, 2.75) is 11.1 Å². The molecule has 0 heterocycles. The fourth-order valence-corrected chi connectivity index (χ4v) is 3.38. The van der Waals surface area contributed by atoms with Crippen LogP contribution < -0.4 is 10.6 Å². The SMILES string of the molecule is CN(C(N)=Nc1cccc(C(F)(F)F)c1)c1ccccc1SCBr. The summed E-state index contributed by atoms with van der Waals surface area (Å²) in [6.45, 7) is 0. The van der Waals surface area contributed by atoms with Gasteiger partial charge in [0, 0.05) is 11.9 Å². The van der Waals surface area contributed by atoms with Crippen molar-refractivity contribution in [1.29, 1.82) is 0 Å². The van der Waals surface area contributed by atoms with Crippen molar-refractivity contribution in [3.05, 3.63) is 54.1 Å². The summed E-state index contributed by atoms with van der Waals surface area (Å²) in [5.74, 6) is 0.108. The van der Waals surface area contributed by atoms with Crippen LogP contribution in [-0.2, 0) is 6.18 Å². The highest BCUT2D eigenvalue weighted by molar-refractivity contribution is 9.11. The van der Waals surface area contributed by atoms with Crippen molar-refractivity contribution in [1.82, 2.24) is 0 Å². The maximum atomic E-state index is 12.8. The van der Waals surface area contributed by atoms with E-state index in [1.807, 2.05) is 24.3 Å². The Morgan fingerprint density at radius 1 is 1.21 bits per heavy atom. The third-order valence-corrected chi connectivity index (χ3v) is 4.65. The number of halogens is 4. The molecule has 0 amide bonds. The summed E-state index contributed by atoms with van der Waals surface area (Å²) in [6.07, 6.45) is -4.41. The van der Waals surface area contributed by atoms with E-state index >= 15 is 0 Å². The lowest BCUT2D eigenvalue weighted by molar-refractivity contribution is -0.137. The van der Waals surface area contributed by atoms with E-state index in [9.17, 15) is 13.2 Å². The predicted octanol–water partition coefficient (Wildman–Crippen LogP) is 5.23. The Balaban J connectivity index is 2.31. The Hall–Kier alpha value is -1.67. The average Bonchev–Trinajstić information content (AvgIpc) is 2.54. The van der Waals surface area contributed by atoms with Gasteiger partial charge in [0.15, 0.2) is 0 Å². The van der Waals surface area contributed by atoms with Crippen molar-refractivity contribution in [3.63, 3.8) is 0 Å². The lowest BCUT2D eigenvalue weighted by atomic mass is 10.2. The third-order valence-electron chi connectivity index (χ3n) is 3.20. The monoisotopic (exact) mass is 417 g/mol. The van der Waals surface area contributed by atoms with Crippen LogP contribution in [0.25, 0.3) is 0 Å². The minimum Gasteiger partial charge on any atom is -0.369 e. The molecule has 0 radical (unpaired) electrons. The second-order valence-corrected chi connectivity index (χ2v) is 7.12. The van der Waals surface area contributed by atoms with E-state index in [1.54, 1.807) is 23.7 Å². The molecule has 2 rings (SSSR count). The standard InChI is InChI=1S/C16H15BrF3N3S/c1-23(13-7-2-3-8-14(13)24-10-17)15(21)22-12-6-4-5-11(9-12)16(18,19)20/h2-9H,10H2,1H3,(H2,21,22). The number of alkyl halides is 4. The third kappa shape index (κ3) is 4.67. The summed E-state index contributed by atoms with van der Waals surface area (Å²) in [5.41, 5.74) is 6.21. The number of rotatable bonds is 4. The van der Waals surface area contributed by atoms with Gasteiger partial charge in [-0.3, -0.25) is 0 Å². The molecule has 0 spiro atoms. The number of nitrogens with zero attached hydrogens (tertiary/aromatic N) is 2. The molecule has 0 aromatic heterocycles. The summed E-state index contributed by atoms with van der Waals surface area (Å²) in [5, 5.41) is 0. The lowest BCUT2D eigenvalue weighted by Crippen LogP contribution is -2.33. The van der Waals surface area contributed by atoms with E-state index in [1.165, 1.54) is 12.1 Å². The molecule has 0 unspecified atom stereocenters. The predicted molar refractivity (Wildman–Crippen MR) is 97.2 cm³/mol. The maximum absolute atomic E-state index is 12.8. The summed E-state index contributed by atoms with van der Waals surface area (Å²) < 4.78 is 39.0. The fourth-order valence-electron chi connectivity index (χ4n) is 2.00. The van der Waals surface area contributed by atoms with Crippen LogP contribution >= 0.6 is 27.7 Å². The molecule has 0 aliphatic heterocycles. The number of benzene rings is 2. The molecule has 0 saturated carbocycles. The van der Waals surface area contributed by atoms with Crippen molar-refractivity contribution in [3.8, 4) is 0 Å². The molecule has 0 aliphatic carbocycles. The van der Waals surface area contributed by atoms with E-state index in [0.717, 1.165) is 22.7 Å². The summed E-state index contributed by atoms with van der Waals surface area (Å²) in [7, 11) is 1.72. The minimum absolute atomic E-state index is 0.108. The van der Waals surface area contributed by atoms with Gasteiger partial charge in [0.25, 0.3) is 0 Å². The van der Waals surface area contributed by atoms with Crippen molar-refractivity contribution >= 4 is 45.0 Å². The van der Waals surface area contributed by atoms with Crippen molar-refractivity contribution < 1.29 is 13.2 Å². The Morgan fingerprint density at radius 3 is 2.58 bits per heavy atom. The minimum atomic E-state index is -4.41. The Bertz CT molecular complexity index is 735. The fraction of sp³-hybridized carbons (Fsp3) is 0.188. The van der Waals surface area contributed by atoms with Gasteiger partial charge < -0.3 is 10.6 Å².